The molecule has 0 radical (unpaired) electrons. The summed E-state index contributed by atoms with van der Waals surface area (Å²) in [4.78, 5) is 22.1. The summed E-state index contributed by atoms with van der Waals surface area (Å²) in [5, 5.41) is 13.8. The molecule has 0 fully saturated rings. The molecule has 0 aromatic heterocycles. The Kier molecular flexibility index (Phi) is 6.49. The van der Waals surface area contributed by atoms with Gasteiger partial charge >= 0.3 is 12.0 Å². The van der Waals surface area contributed by atoms with E-state index in [1.807, 2.05) is 6.92 Å². The SMILES string of the molecule is CCC(CNC(=O)NCc1ccccc1F)CC(=O)O. The van der Waals surface area contributed by atoms with Gasteiger partial charge in [0.2, 0.25) is 0 Å². The molecule has 1 aromatic carbocycles. The third kappa shape index (κ3) is 5.69. The second kappa shape index (κ2) is 8.14. The van der Waals surface area contributed by atoms with Crippen molar-refractivity contribution < 1.29 is 19.1 Å². The quantitative estimate of drug-likeness (QED) is 0.717. The van der Waals surface area contributed by atoms with Crippen LogP contribution in [0.25, 0.3) is 0 Å². The number of hydrogen-bond acceptors (Lipinski definition) is 2. The van der Waals surface area contributed by atoms with Crippen LogP contribution in [0.1, 0.15) is 25.3 Å². The Labute approximate surface area is 117 Å². The van der Waals surface area contributed by atoms with Gasteiger partial charge in [0.25, 0.3) is 0 Å². The van der Waals surface area contributed by atoms with Crippen molar-refractivity contribution in [3.63, 3.8) is 0 Å². The van der Waals surface area contributed by atoms with E-state index in [0.717, 1.165) is 0 Å². The number of rotatable bonds is 7. The van der Waals surface area contributed by atoms with E-state index in [4.69, 9.17) is 5.11 Å². The van der Waals surface area contributed by atoms with E-state index < -0.39 is 12.0 Å². The predicted molar refractivity (Wildman–Crippen MR) is 72.7 cm³/mol. The fraction of sp³-hybridized carbons (Fsp3) is 0.429. The van der Waals surface area contributed by atoms with Crippen LogP contribution in [0.15, 0.2) is 24.3 Å². The Hall–Kier alpha value is -2.11. The lowest BCUT2D eigenvalue weighted by Crippen LogP contribution is -2.38. The third-order valence-electron chi connectivity index (χ3n) is 2.99. The summed E-state index contributed by atoms with van der Waals surface area (Å²) < 4.78 is 13.3. The highest BCUT2D eigenvalue weighted by Gasteiger charge is 2.12. The molecule has 0 saturated heterocycles. The third-order valence-corrected chi connectivity index (χ3v) is 2.99. The standard InChI is InChI=1S/C14H19FN2O3/c1-2-10(7-13(18)19)8-16-14(20)17-9-11-5-3-4-6-12(11)15/h3-6,10H,2,7-9H2,1H3,(H,18,19)(H2,16,17,20). The largest absolute Gasteiger partial charge is 0.481 e. The number of carbonyl (C=O) groups excluding carboxylic acids is 1. The Morgan fingerprint density at radius 2 is 2.00 bits per heavy atom. The van der Waals surface area contributed by atoms with Gasteiger partial charge in [-0.3, -0.25) is 4.79 Å². The van der Waals surface area contributed by atoms with E-state index >= 15 is 0 Å². The molecule has 0 aliphatic carbocycles. The Morgan fingerprint density at radius 1 is 1.30 bits per heavy atom. The first-order valence-corrected chi connectivity index (χ1v) is 6.49. The molecule has 3 N–H and O–H groups in total. The summed E-state index contributed by atoms with van der Waals surface area (Å²) in [7, 11) is 0. The monoisotopic (exact) mass is 282 g/mol. The predicted octanol–water partition coefficient (Wildman–Crippen LogP) is 2.13. The van der Waals surface area contributed by atoms with Crippen molar-refractivity contribution in [1.82, 2.24) is 10.6 Å². The van der Waals surface area contributed by atoms with E-state index in [-0.39, 0.29) is 31.2 Å². The van der Waals surface area contributed by atoms with Gasteiger partial charge in [-0.05, 0) is 12.0 Å². The van der Waals surface area contributed by atoms with Crippen molar-refractivity contribution in [3.05, 3.63) is 35.6 Å². The lowest BCUT2D eigenvalue weighted by molar-refractivity contribution is -0.138. The maximum atomic E-state index is 13.3. The molecule has 1 rings (SSSR count). The van der Waals surface area contributed by atoms with Gasteiger partial charge in [-0.2, -0.15) is 0 Å². The molecule has 0 spiro atoms. The van der Waals surface area contributed by atoms with Gasteiger partial charge in [0.05, 0.1) is 0 Å². The Morgan fingerprint density at radius 3 is 2.60 bits per heavy atom. The maximum Gasteiger partial charge on any atom is 0.315 e. The van der Waals surface area contributed by atoms with Gasteiger partial charge in [0.1, 0.15) is 5.82 Å². The zero-order chi connectivity index (χ0) is 15.0. The van der Waals surface area contributed by atoms with Crippen molar-refractivity contribution in [3.8, 4) is 0 Å². The minimum Gasteiger partial charge on any atom is -0.481 e. The van der Waals surface area contributed by atoms with E-state index in [2.05, 4.69) is 10.6 Å². The number of carboxylic acid groups (broad SMARTS) is 1. The second-order valence-electron chi connectivity index (χ2n) is 4.53. The summed E-state index contributed by atoms with van der Waals surface area (Å²) in [5.74, 6) is -1.36. The number of benzene rings is 1. The number of nitrogens with one attached hydrogen (secondary N) is 2. The number of carboxylic acids is 1. The number of amides is 2. The smallest absolute Gasteiger partial charge is 0.315 e. The van der Waals surface area contributed by atoms with Crippen molar-refractivity contribution in [2.24, 2.45) is 5.92 Å². The topological polar surface area (TPSA) is 78.4 Å². The van der Waals surface area contributed by atoms with Gasteiger partial charge < -0.3 is 15.7 Å². The van der Waals surface area contributed by atoms with Gasteiger partial charge in [-0.25, -0.2) is 9.18 Å². The summed E-state index contributed by atoms with van der Waals surface area (Å²) in [6.45, 7) is 2.24. The Balaban J connectivity index is 2.33. The highest BCUT2D eigenvalue weighted by Crippen LogP contribution is 2.07. The fourth-order valence-corrected chi connectivity index (χ4v) is 1.72. The lowest BCUT2D eigenvalue weighted by Gasteiger charge is -2.14. The molecule has 1 atom stereocenters. The minimum absolute atomic E-state index is 0.0179. The summed E-state index contributed by atoms with van der Waals surface area (Å²) in [6, 6.07) is 5.76. The summed E-state index contributed by atoms with van der Waals surface area (Å²) >= 11 is 0. The Bertz CT molecular complexity index is 465. The van der Waals surface area contributed by atoms with Crippen molar-refractivity contribution >= 4 is 12.0 Å². The van der Waals surface area contributed by atoms with E-state index in [1.165, 1.54) is 6.07 Å². The van der Waals surface area contributed by atoms with Gasteiger partial charge in [-0.1, -0.05) is 31.5 Å². The van der Waals surface area contributed by atoms with Crippen LogP contribution in [0.2, 0.25) is 0 Å². The van der Waals surface area contributed by atoms with Crippen molar-refractivity contribution in [2.45, 2.75) is 26.3 Å². The molecular weight excluding hydrogens is 263 g/mol. The van der Waals surface area contributed by atoms with Crippen molar-refractivity contribution in [2.75, 3.05) is 6.54 Å². The van der Waals surface area contributed by atoms with Crippen LogP contribution in [0.4, 0.5) is 9.18 Å². The van der Waals surface area contributed by atoms with Crippen LogP contribution in [-0.4, -0.2) is 23.7 Å². The van der Waals surface area contributed by atoms with E-state index in [9.17, 15) is 14.0 Å². The second-order valence-corrected chi connectivity index (χ2v) is 4.53. The molecule has 0 aliphatic rings. The minimum atomic E-state index is -0.884. The molecule has 1 aromatic rings. The van der Waals surface area contributed by atoms with E-state index in [1.54, 1.807) is 18.2 Å². The zero-order valence-corrected chi connectivity index (χ0v) is 11.4. The van der Waals surface area contributed by atoms with Crippen LogP contribution >= 0.6 is 0 Å². The van der Waals surface area contributed by atoms with Gasteiger partial charge in [0, 0.05) is 25.1 Å². The van der Waals surface area contributed by atoms with Gasteiger partial charge in [-0.15, -0.1) is 0 Å². The molecule has 20 heavy (non-hydrogen) atoms. The van der Waals surface area contributed by atoms with Crippen molar-refractivity contribution in [1.29, 1.82) is 0 Å². The average molecular weight is 282 g/mol. The molecule has 2 amide bonds. The number of hydrogen-bond donors (Lipinski definition) is 3. The number of carbonyl (C=O) groups is 2. The molecule has 0 heterocycles. The number of urea groups is 1. The molecule has 6 heteroatoms. The molecule has 0 aliphatic heterocycles. The maximum absolute atomic E-state index is 13.3. The number of halogens is 1. The molecule has 1 unspecified atom stereocenters. The first-order valence-electron chi connectivity index (χ1n) is 6.49. The molecule has 5 nitrogen and oxygen atoms in total. The van der Waals surface area contributed by atoms with E-state index in [0.29, 0.717) is 12.0 Å². The van der Waals surface area contributed by atoms with Crippen LogP contribution in [0.5, 0.6) is 0 Å². The first kappa shape index (κ1) is 15.9. The zero-order valence-electron chi connectivity index (χ0n) is 11.4. The van der Waals surface area contributed by atoms with Crippen LogP contribution in [0, 0.1) is 11.7 Å². The average Bonchev–Trinajstić information content (AvgIpc) is 2.42. The van der Waals surface area contributed by atoms with Crippen LogP contribution in [0.3, 0.4) is 0 Å². The first-order chi connectivity index (χ1) is 9.52. The molecule has 0 saturated carbocycles. The lowest BCUT2D eigenvalue weighted by atomic mass is 10.0. The molecule has 110 valence electrons. The van der Waals surface area contributed by atoms with Crippen LogP contribution < -0.4 is 10.6 Å². The highest BCUT2D eigenvalue weighted by atomic mass is 19.1. The summed E-state index contributed by atoms with van der Waals surface area (Å²) in [6.07, 6.45) is 0.685. The molecular formula is C14H19FN2O3. The fourth-order valence-electron chi connectivity index (χ4n) is 1.72. The highest BCUT2D eigenvalue weighted by molar-refractivity contribution is 5.74. The normalized spacial score (nSPS) is 11.7. The number of aliphatic carboxylic acids is 1. The summed E-state index contributed by atoms with van der Waals surface area (Å²) in [5.41, 5.74) is 0.403. The molecule has 0 bridgehead atoms. The van der Waals surface area contributed by atoms with Gasteiger partial charge in [0.15, 0.2) is 0 Å². The van der Waals surface area contributed by atoms with Crippen LogP contribution in [-0.2, 0) is 11.3 Å².